The standard InChI is InChI=1S/C13H21N3O2/c1-2-14-9-12-3-4-13(16-15-12)18-10-11-5-7-17-8-6-11/h3-4,11,14H,2,5-10H2,1H3. The van der Waals surface area contributed by atoms with Crippen LogP contribution in [0.3, 0.4) is 0 Å². The van der Waals surface area contributed by atoms with E-state index in [-0.39, 0.29) is 0 Å². The molecule has 0 radical (unpaired) electrons. The second-order valence-corrected chi connectivity index (χ2v) is 4.51. The monoisotopic (exact) mass is 251 g/mol. The van der Waals surface area contributed by atoms with Gasteiger partial charge in [0.05, 0.1) is 12.3 Å². The lowest BCUT2D eigenvalue weighted by molar-refractivity contribution is 0.0489. The summed E-state index contributed by atoms with van der Waals surface area (Å²) in [7, 11) is 0. The Labute approximate surface area is 108 Å². The SMILES string of the molecule is CCNCc1ccc(OCC2CCOCC2)nn1. The Balaban J connectivity index is 1.75. The molecule has 0 aliphatic carbocycles. The quantitative estimate of drug-likeness (QED) is 0.828. The highest BCUT2D eigenvalue weighted by molar-refractivity contribution is 5.11. The number of rotatable bonds is 6. The summed E-state index contributed by atoms with van der Waals surface area (Å²) < 4.78 is 11.0. The maximum absolute atomic E-state index is 5.66. The lowest BCUT2D eigenvalue weighted by Crippen LogP contribution is -2.21. The maximum atomic E-state index is 5.66. The van der Waals surface area contributed by atoms with E-state index in [4.69, 9.17) is 9.47 Å². The van der Waals surface area contributed by atoms with Crippen LogP contribution in [0.2, 0.25) is 0 Å². The van der Waals surface area contributed by atoms with Crippen molar-refractivity contribution < 1.29 is 9.47 Å². The van der Waals surface area contributed by atoms with Crippen molar-refractivity contribution in [3.8, 4) is 5.88 Å². The third kappa shape index (κ3) is 4.23. The zero-order chi connectivity index (χ0) is 12.6. The fourth-order valence-electron chi connectivity index (χ4n) is 1.89. The Morgan fingerprint density at radius 2 is 2.17 bits per heavy atom. The first kappa shape index (κ1) is 13.2. The van der Waals surface area contributed by atoms with Gasteiger partial charge in [-0.15, -0.1) is 5.10 Å². The zero-order valence-electron chi connectivity index (χ0n) is 10.9. The number of aromatic nitrogens is 2. The van der Waals surface area contributed by atoms with Crippen molar-refractivity contribution in [3.05, 3.63) is 17.8 Å². The minimum atomic E-state index is 0.585. The van der Waals surface area contributed by atoms with Crippen LogP contribution < -0.4 is 10.1 Å². The van der Waals surface area contributed by atoms with Crippen molar-refractivity contribution in [2.75, 3.05) is 26.4 Å². The molecular weight excluding hydrogens is 230 g/mol. The van der Waals surface area contributed by atoms with Crippen LogP contribution in [0.4, 0.5) is 0 Å². The summed E-state index contributed by atoms with van der Waals surface area (Å²) in [6.45, 7) is 6.17. The van der Waals surface area contributed by atoms with Gasteiger partial charge in [0, 0.05) is 25.8 Å². The van der Waals surface area contributed by atoms with Crippen molar-refractivity contribution in [3.63, 3.8) is 0 Å². The van der Waals surface area contributed by atoms with Crippen molar-refractivity contribution in [1.29, 1.82) is 0 Å². The largest absolute Gasteiger partial charge is 0.476 e. The fraction of sp³-hybridized carbons (Fsp3) is 0.692. The lowest BCUT2D eigenvalue weighted by atomic mass is 10.0. The molecule has 0 unspecified atom stereocenters. The van der Waals surface area contributed by atoms with E-state index in [9.17, 15) is 0 Å². The molecule has 1 aromatic heterocycles. The summed E-state index contributed by atoms with van der Waals surface area (Å²) in [6, 6.07) is 3.84. The van der Waals surface area contributed by atoms with Crippen molar-refractivity contribution in [2.24, 2.45) is 5.92 Å². The van der Waals surface area contributed by atoms with Gasteiger partial charge >= 0.3 is 0 Å². The van der Waals surface area contributed by atoms with Gasteiger partial charge in [-0.2, -0.15) is 5.10 Å². The van der Waals surface area contributed by atoms with Crippen LogP contribution in [0.25, 0.3) is 0 Å². The number of hydrogen-bond donors (Lipinski definition) is 1. The molecule has 1 N–H and O–H groups in total. The molecule has 0 spiro atoms. The Morgan fingerprint density at radius 3 is 2.83 bits per heavy atom. The molecule has 18 heavy (non-hydrogen) atoms. The molecule has 0 saturated carbocycles. The van der Waals surface area contributed by atoms with Crippen molar-refractivity contribution in [1.82, 2.24) is 15.5 Å². The highest BCUT2D eigenvalue weighted by Crippen LogP contribution is 2.16. The minimum absolute atomic E-state index is 0.585. The topological polar surface area (TPSA) is 56.3 Å². The van der Waals surface area contributed by atoms with E-state index < -0.39 is 0 Å². The summed E-state index contributed by atoms with van der Waals surface area (Å²) in [5, 5.41) is 11.4. The molecule has 2 heterocycles. The second kappa shape index (κ2) is 7.28. The third-order valence-corrected chi connectivity index (χ3v) is 3.06. The van der Waals surface area contributed by atoms with Crippen LogP contribution >= 0.6 is 0 Å². The molecule has 1 fully saturated rings. The molecule has 0 bridgehead atoms. The van der Waals surface area contributed by atoms with Gasteiger partial charge in [-0.3, -0.25) is 0 Å². The smallest absolute Gasteiger partial charge is 0.233 e. The Bertz CT molecular complexity index is 337. The summed E-state index contributed by atoms with van der Waals surface area (Å²) >= 11 is 0. The lowest BCUT2D eigenvalue weighted by Gasteiger charge is -2.21. The molecule has 2 rings (SSSR count). The molecule has 1 aromatic rings. The molecular formula is C13H21N3O2. The fourth-order valence-corrected chi connectivity index (χ4v) is 1.89. The van der Waals surface area contributed by atoms with E-state index in [2.05, 4.69) is 22.4 Å². The van der Waals surface area contributed by atoms with Gasteiger partial charge < -0.3 is 14.8 Å². The number of ether oxygens (including phenoxy) is 2. The molecule has 0 aromatic carbocycles. The molecule has 0 atom stereocenters. The van der Waals surface area contributed by atoms with Crippen LogP contribution in [0.15, 0.2) is 12.1 Å². The minimum Gasteiger partial charge on any atom is -0.476 e. The van der Waals surface area contributed by atoms with Crippen LogP contribution in [0.5, 0.6) is 5.88 Å². The van der Waals surface area contributed by atoms with Gasteiger partial charge in [0.2, 0.25) is 5.88 Å². The van der Waals surface area contributed by atoms with Crippen LogP contribution in [-0.2, 0) is 11.3 Å². The number of nitrogens with one attached hydrogen (secondary N) is 1. The Morgan fingerprint density at radius 1 is 1.33 bits per heavy atom. The van der Waals surface area contributed by atoms with E-state index in [1.165, 1.54) is 0 Å². The predicted molar refractivity (Wildman–Crippen MR) is 68.5 cm³/mol. The van der Waals surface area contributed by atoms with E-state index in [0.29, 0.717) is 18.4 Å². The normalized spacial score (nSPS) is 16.7. The van der Waals surface area contributed by atoms with Crippen molar-refractivity contribution in [2.45, 2.75) is 26.3 Å². The molecule has 0 amide bonds. The van der Waals surface area contributed by atoms with Crippen molar-refractivity contribution >= 4 is 0 Å². The maximum Gasteiger partial charge on any atom is 0.233 e. The summed E-state index contributed by atoms with van der Waals surface area (Å²) in [4.78, 5) is 0. The van der Waals surface area contributed by atoms with E-state index in [0.717, 1.165) is 44.8 Å². The molecule has 1 aliphatic rings. The average molecular weight is 251 g/mol. The van der Waals surface area contributed by atoms with E-state index in [1.54, 1.807) is 0 Å². The van der Waals surface area contributed by atoms with Gasteiger partial charge in [-0.25, -0.2) is 0 Å². The zero-order valence-corrected chi connectivity index (χ0v) is 10.9. The molecule has 1 aliphatic heterocycles. The van der Waals surface area contributed by atoms with E-state index >= 15 is 0 Å². The summed E-state index contributed by atoms with van der Waals surface area (Å²) in [5.74, 6) is 1.20. The van der Waals surface area contributed by atoms with Gasteiger partial charge in [0.1, 0.15) is 0 Å². The molecule has 5 heteroatoms. The summed E-state index contributed by atoms with van der Waals surface area (Å²) in [6.07, 6.45) is 2.15. The van der Waals surface area contributed by atoms with E-state index in [1.807, 2.05) is 12.1 Å². The first-order valence-electron chi connectivity index (χ1n) is 6.62. The first-order valence-corrected chi connectivity index (χ1v) is 6.62. The Hall–Kier alpha value is -1.20. The highest BCUT2D eigenvalue weighted by Gasteiger charge is 2.14. The number of hydrogen-bond acceptors (Lipinski definition) is 5. The second-order valence-electron chi connectivity index (χ2n) is 4.51. The van der Waals surface area contributed by atoms with Crippen LogP contribution in [0.1, 0.15) is 25.5 Å². The van der Waals surface area contributed by atoms with Gasteiger partial charge in [-0.05, 0) is 31.4 Å². The molecule has 1 saturated heterocycles. The average Bonchev–Trinajstić information content (AvgIpc) is 2.45. The van der Waals surface area contributed by atoms with Gasteiger partial charge in [0.15, 0.2) is 0 Å². The molecule has 5 nitrogen and oxygen atoms in total. The predicted octanol–water partition coefficient (Wildman–Crippen LogP) is 1.39. The van der Waals surface area contributed by atoms with Crippen LogP contribution in [0, 0.1) is 5.92 Å². The van der Waals surface area contributed by atoms with Gasteiger partial charge in [0.25, 0.3) is 0 Å². The molecule has 100 valence electrons. The Kier molecular flexibility index (Phi) is 5.36. The summed E-state index contributed by atoms with van der Waals surface area (Å²) in [5.41, 5.74) is 0.940. The number of nitrogens with zero attached hydrogens (tertiary/aromatic N) is 2. The third-order valence-electron chi connectivity index (χ3n) is 3.06. The van der Waals surface area contributed by atoms with Crippen LogP contribution in [-0.4, -0.2) is 36.6 Å². The first-order chi connectivity index (χ1) is 8.88. The highest BCUT2D eigenvalue weighted by atomic mass is 16.5. The van der Waals surface area contributed by atoms with Gasteiger partial charge in [-0.1, -0.05) is 6.92 Å².